The van der Waals surface area contributed by atoms with Gasteiger partial charge in [-0.1, -0.05) is 67.0 Å². The first kappa shape index (κ1) is 30.1. The van der Waals surface area contributed by atoms with Gasteiger partial charge in [-0.3, -0.25) is 4.90 Å². The van der Waals surface area contributed by atoms with Crippen molar-refractivity contribution in [2.75, 3.05) is 32.8 Å². The number of halogens is 5. The minimum atomic E-state index is -9.55. The van der Waals surface area contributed by atoms with Crippen LogP contribution in [0.25, 0.3) is 0 Å². The van der Waals surface area contributed by atoms with E-state index in [-0.39, 0.29) is 16.6 Å². The average Bonchev–Trinajstić information content (AvgIpc) is 2.41. The van der Waals surface area contributed by atoms with Crippen molar-refractivity contribution in [2.24, 2.45) is 0 Å². The van der Waals surface area contributed by atoms with E-state index in [4.69, 9.17) is 8.85 Å². The summed E-state index contributed by atoms with van der Waals surface area (Å²) < 4.78 is 75.2. The molecular weight excluding hydrogens is 457 g/mol. The monoisotopic (exact) mass is 499 g/mol. The molecule has 30 heavy (non-hydrogen) atoms. The van der Waals surface area contributed by atoms with E-state index < -0.39 is 32.3 Å². The lowest BCUT2D eigenvalue weighted by Gasteiger charge is -2.38. The molecule has 0 atom stereocenters. The molecule has 0 unspecified atom stereocenters. The number of rotatable bonds is 11. The Labute approximate surface area is 182 Å². The van der Waals surface area contributed by atoms with E-state index >= 15 is 0 Å². The Morgan fingerprint density at radius 3 is 1.33 bits per heavy atom. The summed E-state index contributed by atoms with van der Waals surface area (Å²) in [6.45, 7) is 22.1. The zero-order chi connectivity index (χ0) is 24.3. The molecule has 0 fully saturated rings. The summed E-state index contributed by atoms with van der Waals surface area (Å²) in [6.07, 6.45) is 0.500. The van der Waals surface area contributed by atoms with E-state index in [0.29, 0.717) is 32.4 Å². The van der Waals surface area contributed by atoms with Crippen LogP contribution in [0.5, 0.6) is 0 Å². The minimum Gasteiger partial charge on any atom is -0.416 e. The number of hydrogen-bond donors (Lipinski definition) is 0. The van der Waals surface area contributed by atoms with Crippen LogP contribution in [0.1, 0.15) is 41.5 Å². The molecule has 0 saturated carbocycles. The van der Waals surface area contributed by atoms with Crippen molar-refractivity contribution in [1.29, 1.82) is 0 Å². The molecule has 3 nitrogen and oxygen atoms in total. The maximum Gasteiger partial charge on any atom is 0.304 e. The van der Waals surface area contributed by atoms with Crippen LogP contribution >= 0.6 is 10.2 Å². The summed E-state index contributed by atoms with van der Waals surface area (Å²) in [5.41, 5.74) is 0. The van der Waals surface area contributed by atoms with Crippen molar-refractivity contribution >= 4 is 26.9 Å². The largest absolute Gasteiger partial charge is 0.416 e. The maximum absolute atomic E-state index is 12.6. The normalized spacial score (nSPS) is 17.5. The van der Waals surface area contributed by atoms with Gasteiger partial charge < -0.3 is 8.85 Å². The Kier molecular flexibility index (Phi) is 8.79. The van der Waals surface area contributed by atoms with E-state index in [1.54, 1.807) is 4.90 Å². The van der Waals surface area contributed by atoms with Crippen LogP contribution in [-0.4, -0.2) is 54.4 Å². The Morgan fingerprint density at radius 2 is 1.07 bits per heavy atom. The first-order chi connectivity index (χ1) is 12.8. The van der Waals surface area contributed by atoms with Crippen molar-refractivity contribution in [1.82, 2.24) is 4.90 Å². The van der Waals surface area contributed by atoms with Gasteiger partial charge in [-0.15, -0.1) is 0 Å². The molecule has 0 saturated heterocycles. The molecule has 0 aliphatic carbocycles. The molecule has 184 valence electrons. The highest BCUT2D eigenvalue weighted by Crippen LogP contribution is 2.98. The lowest BCUT2D eigenvalue weighted by atomic mass is 10.2. The predicted octanol–water partition coefficient (Wildman–Crippen LogP) is 8.14. The molecule has 0 aliphatic rings. The van der Waals surface area contributed by atoms with E-state index in [1.165, 1.54) is 0 Å². The van der Waals surface area contributed by atoms with Crippen LogP contribution in [0.3, 0.4) is 0 Å². The van der Waals surface area contributed by atoms with Gasteiger partial charge in [0.1, 0.15) is 0 Å². The van der Waals surface area contributed by atoms with Crippen molar-refractivity contribution in [2.45, 2.75) is 77.8 Å². The summed E-state index contributed by atoms with van der Waals surface area (Å²) in [7, 11) is -13.6. The second-order valence-corrected chi connectivity index (χ2v) is 22.9. The van der Waals surface area contributed by atoms with Gasteiger partial charge in [-0.05, 0) is 36.3 Å². The Hall–Kier alpha value is 0.0538. The quantitative estimate of drug-likeness (QED) is 0.211. The Balaban J connectivity index is 5.09. The Morgan fingerprint density at radius 1 is 0.733 bits per heavy atom. The lowest BCUT2D eigenvalue weighted by molar-refractivity contribution is 0.176. The van der Waals surface area contributed by atoms with Crippen LogP contribution < -0.4 is 0 Å². The molecule has 0 bridgehead atoms. The van der Waals surface area contributed by atoms with Crippen molar-refractivity contribution in [3.63, 3.8) is 0 Å². The third-order valence-electron chi connectivity index (χ3n) is 6.07. The van der Waals surface area contributed by atoms with Gasteiger partial charge in [0.15, 0.2) is 16.6 Å². The number of nitrogens with zero attached hydrogens (tertiary/aromatic N) is 1. The summed E-state index contributed by atoms with van der Waals surface area (Å²) >= 11 is 0. The first-order valence-electron chi connectivity index (χ1n) is 10.2. The van der Waals surface area contributed by atoms with Gasteiger partial charge in [-0.25, -0.2) is 0 Å². The lowest BCUT2D eigenvalue weighted by Crippen LogP contribution is -2.44. The minimum absolute atomic E-state index is 0.00539. The molecule has 0 amide bonds. The van der Waals surface area contributed by atoms with E-state index in [1.807, 2.05) is 0 Å². The van der Waals surface area contributed by atoms with Crippen molar-refractivity contribution in [3.05, 3.63) is 11.5 Å². The van der Waals surface area contributed by atoms with Crippen LogP contribution in [0.15, 0.2) is 11.5 Å². The molecule has 0 aromatic heterocycles. The van der Waals surface area contributed by atoms with Gasteiger partial charge in [0, 0.05) is 32.8 Å². The van der Waals surface area contributed by atoms with Crippen molar-refractivity contribution < 1.29 is 28.3 Å². The fourth-order valence-electron chi connectivity index (χ4n) is 1.96. The van der Waals surface area contributed by atoms with Crippen LogP contribution in [0, 0.1) is 0 Å². The van der Waals surface area contributed by atoms with Gasteiger partial charge in [-0.2, -0.15) is 0 Å². The predicted molar refractivity (Wildman–Crippen MR) is 125 cm³/mol. The molecule has 0 aliphatic heterocycles. The molecule has 11 heteroatoms. The van der Waals surface area contributed by atoms with Gasteiger partial charge in [0.05, 0.1) is 5.41 Å². The van der Waals surface area contributed by atoms with E-state index in [2.05, 4.69) is 67.7 Å². The molecule has 0 spiro atoms. The second kappa shape index (κ2) is 8.77. The third kappa shape index (κ3) is 12.2. The molecular formula is C19H42F5NO2SSi2. The molecule has 0 aromatic rings. The van der Waals surface area contributed by atoms with Crippen LogP contribution in [0.4, 0.5) is 19.4 Å². The highest BCUT2D eigenvalue weighted by atomic mass is 32.5. The van der Waals surface area contributed by atoms with Crippen molar-refractivity contribution in [3.8, 4) is 0 Å². The second-order valence-electron chi connectivity index (χ2n) is 10.9. The smallest absolute Gasteiger partial charge is 0.304 e. The zero-order valence-corrected chi connectivity index (χ0v) is 23.1. The molecule has 0 N–H and O–H groups in total. The summed E-state index contributed by atoms with van der Waals surface area (Å²) in [6, 6.07) is 0. The first-order valence-corrected chi connectivity index (χ1v) is 18.0. The maximum atomic E-state index is 12.6. The summed E-state index contributed by atoms with van der Waals surface area (Å²) in [4.78, 5) is 1.67. The molecule has 0 heterocycles. The summed E-state index contributed by atoms with van der Waals surface area (Å²) in [5, 5.41) is -0.854. The van der Waals surface area contributed by atoms with E-state index in [0.717, 1.165) is 0 Å². The fraction of sp³-hybridized carbons (Fsp3) is 0.895. The van der Waals surface area contributed by atoms with Gasteiger partial charge in [0.25, 0.3) is 0 Å². The number of hydrogen-bond acceptors (Lipinski definition) is 3. The zero-order valence-electron chi connectivity index (χ0n) is 20.3. The highest BCUT2D eigenvalue weighted by Gasteiger charge is 2.60. The summed E-state index contributed by atoms with van der Waals surface area (Å²) in [5.74, 6) is 0. The third-order valence-corrected chi connectivity index (χ3v) is 15.9. The molecule has 0 radical (unpaired) electrons. The van der Waals surface area contributed by atoms with Crippen LogP contribution in [-0.2, 0) is 8.85 Å². The van der Waals surface area contributed by atoms with Crippen LogP contribution in [0.2, 0.25) is 36.3 Å². The highest BCUT2D eigenvalue weighted by molar-refractivity contribution is 8.48. The topological polar surface area (TPSA) is 21.7 Å². The van der Waals surface area contributed by atoms with E-state index in [9.17, 15) is 19.4 Å². The molecule has 0 aromatic carbocycles. The fourth-order valence-corrected chi connectivity index (χ4v) is 4.48. The Bertz CT molecular complexity index is 565. The van der Waals surface area contributed by atoms with Gasteiger partial charge >= 0.3 is 10.2 Å². The SMILES string of the molecule is CC(C)(C)[Si](C)(C)OCCN(C/C=C/S(F)(F)(F)(F)F)CCO[Si](C)(C)C(C)(C)C. The standard InChI is InChI=1S/C19H42F5NO2SSi2/c1-18(2,3)29(7,8)26-15-13-25(12-11-17-28(20,21,22,23)24)14-16-27-30(9,10)19(4,5)6/h11,17H,12-16H2,1-10H3/b17-11+. The average molecular weight is 500 g/mol. The molecule has 0 rings (SSSR count). The van der Waals surface area contributed by atoms with Gasteiger partial charge in [0.2, 0.25) is 0 Å².